The number of hydrogen-bond acceptors (Lipinski definition) is 3. The summed E-state index contributed by atoms with van der Waals surface area (Å²) in [5.74, 6) is 1.45. The molecule has 0 unspecified atom stereocenters. The Bertz CT molecular complexity index is 322. The molecule has 1 rings (SSSR count). The van der Waals surface area contributed by atoms with Crippen molar-refractivity contribution in [3.05, 3.63) is 22.7 Å². The quantitative estimate of drug-likeness (QED) is 0.619. The molecular weight excluding hydrogens is 282 g/mol. The molecule has 0 aliphatic rings. The summed E-state index contributed by atoms with van der Waals surface area (Å²) in [6.45, 7) is 6.32. The molecule has 0 aliphatic heterocycles. The lowest BCUT2D eigenvalue weighted by Crippen LogP contribution is -2.08. The number of benzene rings is 1. The van der Waals surface area contributed by atoms with Crippen LogP contribution in [0.15, 0.2) is 22.7 Å². The second-order valence-corrected chi connectivity index (χ2v) is 5.28. The van der Waals surface area contributed by atoms with Gasteiger partial charge in [-0.2, -0.15) is 0 Å². The molecule has 1 aromatic carbocycles. The van der Waals surface area contributed by atoms with Gasteiger partial charge in [0.05, 0.1) is 6.61 Å². The highest BCUT2D eigenvalue weighted by molar-refractivity contribution is 9.10. The highest BCUT2D eigenvalue weighted by atomic mass is 79.9. The molecule has 0 saturated carbocycles. The number of ether oxygens (including phenoxy) is 2. The van der Waals surface area contributed by atoms with Gasteiger partial charge in [-0.3, -0.25) is 0 Å². The minimum atomic E-state index is 0.550. The van der Waals surface area contributed by atoms with E-state index in [9.17, 15) is 0 Å². The van der Waals surface area contributed by atoms with Gasteiger partial charge < -0.3 is 15.2 Å². The van der Waals surface area contributed by atoms with Crippen molar-refractivity contribution in [1.29, 1.82) is 0 Å². The standard InChI is InChI=1S/C13H20BrNO2/c1-10(2)3-4-16-5-6-17-13-8-11(14)7-12(15)9-13/h7-10H,3-6,15H2,1-2H3. The van der Waals surface area contributed by atoms with E-state index in [4.69, 9.17) is 15.2 Å². The fourth-order valence-corrected chi connectivity index (χ4v) is 1.80. The fraction of sp³-hybridized carbons (Fsp3) is 0.538. The van der Waals surface area contributed by atoms with Crippen LogP contribution in [0.5, 0.6) is 5.75 Å². The molecule has 0 fully saturated rings. The lowest BCUT2D eigenvalue weighted by molar-refractivity contribution is 0.0926. The molecule has 0 aromatic heterocycles. The van der Waals surface area contributed by atoms with Crippen molar-refractivity contribution in [3.63, 3.8) is 0 Å². The van der Waals surface area contributed by atoms with Gasteiger partial charge in [0.15, 0.2) is 0 Å². The van der Waals surface area contributed by atoms with Crippen LogP contribution in [0.1, 0.15) is 20.3 Å². The summed E-state index contributed by atoms with van der Waals surface area (Å²) in [4.78, 5) is 0. The maximum Gasteiger partial charge on any atom is 0.122 e. The third kappa shape index (κ3) is 6.54. The van der Waals surface area contributed by atoms with Gasteiger partial charge >= 0.3 is 0 Å². The molecule has 0 radical (unpaired) electrons. The van der Waals surface area contributed by atoms with Gasteiger partial charge in [0.1, 0.15) is 12.4 Å². The summed E-state index contributed by atoms with van der Waals surface area (Å²) in [6.07, 6.45) is 1.09. The third-order valence-electron chi connectivity index (χ3n) is 2.23. The SMILES string of the molecule is CC(C)CCOCCOc1cc(N)cc(Br)c1. The molecule has 2 N–H and O–H groups in total. The summed E-state index contributed by atoms with van der Waals surface area (Å²) in [6, 6.07) is 5.54. The van der Waals surface area contributed by atoms with E-state index in [0.717, 1.165) is 23.2 Å². The summed E-state index contributed by atoms with van der Waals surface area (Å²) < 4.78 is 11.9. The number of hydrogen-bond donors (Lipinski definition) is 1. The monoisotopic (exact) mass is 301 g/mol. The van der Waals surface area contributed by atoms with Crippen LogP contribution in [0, 0.1) is 5.92 Å². The Balaban J connectivity index is 2.18. The molecular formula is C13H20BrNO2. The van der Waals surface area contributed by atoms with Crippen LogP contribution in [0.4, 0.5) is 5.69 Å². The summed E-state index contributed by atoms with van der Waals surface area (Å²) >= 11 is 3.37. The van der Waals surface area contributed by atoms with Crippen molar-refractivity contribution in [2.75, 3.05) is 25.6 Å². The Kier molecular flexibility index (Phi) is 6.37. The Morgan fingerprint density at radius 1 is 1.18 bits per heavy atom. The molecule has 0 heterocycles. The first kappa shape index (κ1) is 14.3. The van der Waals surface area contributed by atoms with E-state index in [1.807, 2.05) is 12.1 Å². The zero-order valence-corrected chi connectivity index (χ0v) is 12.0. The zero-order valence-electron chi connectivity index (χ0n) is 10.4. The lowest BCUT2D eigenvalue weighted by atomic mass is 10.1. The molecule has 1 aromatic rings. The lowest BCUT2D eigenvalue weighted by Gasteiger charge is -2.09. The van der Waals surface area contributed by atoms with E-state index in [1.165, 1.54) is 0 Å². The van der Waals surface area contributed by atoms with Crippen molar-refractivity contribution < 1.29 is 9.47 Å². The third-order valence-corrected chi connectivity index (χ3v) is 2.69. The van der Waals surface area contributed by atoms with Crippen LogP contribution in [-0.4, -0.2) is 19.8 Å². The molecule has 0 atom stereocenters. The van der Waals surface area contributed by atoms with Crippen molar-refractivity contribution in [1.82, 2.24) is 0 Å². The van der Waals surface area contributed by atoms with Gasteiger partial charge in [-0.1, -0.05) is 29.8 Å². The molecule has 3 nitrogen and oxygen atoms in total. The summed E-state index contributed by atoms with van der Waals surface area (Å²) in [5.41, 5.74) is 6.39. The second-order valence-electron chi connectivity index (χ2n) is 4.36. The Labute approximate surface area is 111 Å². The minimum Gasteiger partial charge on any atom is -0.491 e. The minimum absolute atomic E-state index is 0.550. The number of nitrogens with two attached hydrogens (primary N) is 1. The molecule has 0 spiro atoms. The van der Waals surface area contributed by atoms with E-state index in [0.29, 0.717) is 24.8 Å². The normalized spacial score (nSPS) is 10.8. The van der Waals surface area contributed by atoms with Gasteiger partial charge in [-0.05, 0) is 24.5 Å². The predicted octanol–water partition coefficient (Wildman–Crippen LogP) is 3.47. The molecule has 0 bridgehead atoms. The second kappa shape index (κ2) is 7.56. The Morgan fingerprint density at radius 3 is 2.59 bits per heavy atom. The van der Waals surface area contributed by atoms with E-state index >= 15 is 0 Å². The predicted molar refractivity (Wildman–Crippen MR) is 74.3 cm³/mol. The first-order valence-electron chi connectivity index (χ1n) is 5.84. The molecule has 17 heavy (non-hydrogen) atoms. The van der Waals surface area contributed by atoms with Gasteiger partial charge in [0.25, 0.3) is 0 Å². The summed E-state index contributed by atoms with van der Waals surface area (Å²) in [7, 11) is 0. The number of anilines is 1. The highest BCUT2D eigenvalue weighted by Crippen LogP contribution is 2.22. The molecule has 0 saturated heterocycles. The van der Waals surface area contributed by atoms with Crippen molar-refractivity contribution in [3.8, 4) is 5.75 Å². The molecule has 0 aliphatic carbocycles. The van der Waals surface area contributed by atoms with Crippen LogP contribution >= 0.6 is 15.9 Å². The van der Waals surface area contributed by atoms with Gasteiger partial charge in [-0.15, -0.1) is 0 Å². The van der Waals surface area contributed by atoms with Crippen LogP contribution < -0.4 is 10.5 Å². The summed E-state index contributed by atoms with van der Waals surface area (Å²) in [5, 5.41) is 0. The molecule has 0 amide bonds. The van der Waals surface area contributed by atoms with Gasteiger partial charge in [-0.25, -0.2) is 0 Å². The van der Waals surface area contributed by atoms with Crippen molar-refractivity contribution in [2.45, 2.75) is 20.3 Å². The largest absolute Gasteiger partial charge is 0.491 e. The molecule has 96 valence electrons. The van der Waals surface area contributed by atoms with Crippen molar-refractivity contribution in [2.24, 2.45) is 5.92 Å². The molecule has 4 heteroatoms. The highest BCUT2D eigenvalue weighted by Gasteiger charge is 1.98. The average Bonchev–Trinajstić information content (AvgIpc) is 2.21. The first-order valence-corrected chi connectivity index (χ1v) is 6.64. The average molecular weight is 302 g/mol. The Morgan fingerprint density at radius 2 is 1.94 bits per heavy atom. The zero-order chi connectivity index (χ0) is 12.7. The van der Waals surface area contributed by atoms with Crippen LogP contribution in [0.25, 0.3) is 0 Å². The van der Waals surface area contributed by atoms with E-state index in [-0.39, 0.29) is 0 Å². The Hall–Kier alpha value is -0.740. The van der Waals surface area contributed by atoms with Gasteiger partial charge in [0.2, 0.25) is 0 Å². The van der Waals surface area contributed by atoms with E-state index < -0.39 is 0 Å². The smallest absolute Gasteiger partial charge is 0.122 e. The van der Waals surface area contributed by atoms with E-state index in [1.54, 1.807) is 6.07 Å². The number of rotatable bonds is 7. The first-order chi connectivity index (χ1) is 8.08. The van der Waals surface area contributed by atoms with Crippen LogP contribution in [0.2, 0.25) is 0 Å². The van der Waals surface area contributed by atoms with Crippen LogP contribution in [0.3, 0.4) is 0 Å². The van der Waals surface area contributed by atoms with Crippen molar-refractivity contribution >= 4 is 21.6 Å². The maximum absolute atomic E-state index is 5.70. The topological polar surface area (TPSA) is 44.5 Å². The van der Waals surface area contributed by atoms with E-state index in [2.05, 4.69) is 29.8 Å². The number of nitrogen functional groups attached to an aromatic ring is 1. The van der Waals surface area contributed by atoms with Crippen LogP contribution in [-0.2, 0) is 4.74 Å². The number of halogens is 1. The maximum atomic E-state index is 5.70. The van der Waals surface area contributed by atoms with Gasteiger partial charge in [0, 0.05) is 22.8 Å². The fourth-order valence-electron chi connectivity index (χ4n) is 1.31.